The Bertz CT molecular complexity index is 999. The number of amides is 1. The predicted molar refractivity (Wildman–Crippen MR) is 111 cm³/mol. The van der Waals surface area contributed by atoms with E-state index in [0.29, 0.717) is 24.5 Å². The summed E-state index contributed by atoms with van der Waals surface area (Å²) in [7, 11) is 3.90. The number of hydrogen-bond acceptors (Lipinski definition) is 6. The Morgan fingerprint density at radius 2 is 1.93 bits per heavy atom. The molecular formula is C21H23N5O2. The number of hydrogen-bond donors (Lipinski definition) is 1. The second-order valence-electron chi connectivity index (χ2n) is 6.93. The molecule has 1 saturated heterocycles. The molecule has 1 N–H and O–H groups in total. The van der Waals surface area contributed by atoms with Crippen LogP contribution in [-0.4, -0.2) is 56.3 Å². The largest absolute Gasteiger partial charge is 0.378 e. The first-order chi connectivity index (χ1) is 13.6. The van der Waals surface area contributed by atoms with Crippen LogP contribution >= 0.6 is 0 Å². The van der Waals surface area contributed by atoms with Gasteiger partial charge in [-0.3, -0.25) is 4.79 Å². The Morgan fingerprint density at radius 3 is 2.71 bits per heavy atom. The smallest absolute Gasteiger partial charge is 0.255 e. The lowest BCUT2D eigenvalue weighted by Crippen LogP contribution is -2.36. The van der Waals surface area contributed by atoms with Crippen molar-refractivity contribution in [2.24, 2.45) is 0 Å². The summed E-state index contributed by atoms with van der Waals surface area (Å²) in [6, 6.07) is 13.3. The van der Waals surface area contributed by atoms with Crippen molar-refractivity contribution in [2.45, 2.75) is 0 Å². The fraction of sp³-hybridized carbons (Fsp3) is 0.286. The molecular weight excluding hydrogens is 354 g/mol. The molecule has 2 heterocycles. The van der Waals surface area contributed by atoms with Gasteiger partial charge in [-0.05, 0) is 36.4 Å². The maximum absolute atomic E-state index is 12.7. The van der Waals surface area contributed by atoms with Crippen molar-refractivity contribution in [3.63, 3.8) is 0 Å². The van der Waals surface area contributed by atoms with Crippen LogP contribution in [-0.2, 0) is 4.74 Å². The number of carbonyl (C=O) groups excluding carboxylic acids is 1. The van der Waals surface area contributed by atoms with Crippen LogP contribution in [0.4, 0.5) is 17.2 Å². The first-order valence-corrected chi connectivity index (χ1v) is 9.28. The SMILES string of the molecule is CN(C)c1cccc(C(=O)Nc2ccc3c(N4CCOCC4)ncnc3c2)c1. The van der Waals surface area contributed by atoms with E-state index < -0.39 is 0 Å². The van der Waals surface area contributed by atoms with Crippen molar-refractivity contribution >= 4 is 34.0 Å². The topological polar surface area (TPSA) is 70.6 Å². The normalized spacial score (nSPS) is 14.1. The first-order valence-electron chi connectivity index (χ1n) is 9.28. The van der Waals surface area contributed by atoms with Gasteiger partial charge in [0.05, 0.1) is 18.7 Å². The fourth-order valence-corrected chi connectivity index (χ4v) is 3.28. The quantitative estimate of drug-likeness (QED) is 0.754. The Morgan fingerprint density at radius 1 is 1.11 bits per heavy atom. The summed E-state index contributed by atoms with van der Waals surface area (Å²) in [5.74, 6) is 0.760. The second-order valence-corrected chi connectivity index (χ2v) is 6.93. The van der Waals surface area contributed by atoms with Crippen molar-refractivity contribution in [1.82, 2.24) is 9.97 Å². The number of benzene rings is 2. The van der Waals surface area contributed by atoms with Crippen LogP contribution in [0.2, 0.25) is 0 Å². The molecule has 0 atom stereocenters. The molecule has 3 aromatic rings. The van der Waals surface area contributed by atoms with Crippen LogP contribution in [0.1, 0.15) is 10.4 Å². The number of ether oxygens (including phenoxy) is 1. The molecule has 0 bridgehead atoms. The highest BCUT2D eigenvalue weighted by Gasteiger charge is 2.16. The molecule has 0 unspecified atom stereocenters. The lowest BCUT2D eigenvalue weighted by atomic mass is 10.1. The Balaban J connectivity index is 1.58. The number of carbonyl (C=O) groups is 1. The summed E-state index contributed by atoms with van der Waals surface area (Å²) in [5.41, 5.74) is 3.10. The van der Waals surface area contributed by atoms with E-state index in [9.17, 15) is 4.79 Å². The molecule has 28 heavy (non-hydrogen) atoms. The third-order valence-electron chi connectivity index (χ3n) is 4.81. The maximum atomic E-state index is 12.7. The lowest BCUT2D eigenvalue weighted by molar-refractivity contribution is 0.102. The molecule has 2 aromatic carbocycles. The molecule has 0 spiro atoms. The summed E-state index contributed by atoms with van der Waals surface area (Å²) < 4.78 is 5.43. The van der Waals surface area contributed by atoms with E-state index in [2.05, 4.69) is 20.2 Å². The van der Waals surface area contributed by atoms with Crippen molar-refractivity contribution in [1.29, 1.82) is 0 Å². The molecule has 144 valence electrons. The van der Waals surface area contributed by atoms with E-state index >= 15 is 0 Å². The summed E-state index contributed by atoms with van der Waals surface area (Å²) >= 11 is 0. The van der Waals surface area contributed by atoms with Gasteiger partial charge in [0.2, 0.25) is 0 Å². The minimum Gasteiger partial charge on any atom is -0.378 e. The lowest BCUT2D eigenvalue weighted by Gasteiger charge is -2.28. The monoisotopic (exact) mass is 377 g/mol. The van der Waals surface area contributed by atoms with E-state index in [1.807, 2.05) is 61.5 Å². The van der Waals surface area contributed by atoms with E-state index in [1.54, 1.807) is 6.33 Å². The summed E-state index contributed by atoms with van der Waals surface area (Å²) in [5, 5.41) is 3.93. The first kappa shape index (κ1) is 18.2. The summed E-state index contributed by atoms with van der Waals surface area (Å²) in [4.78, 5) is 25.7. The van der Waals surface area contributed by atoms with Crippen LogP contribution in [0.25, 0.3) is 10.9 Å². The highest BCUT2D eigenvalue weighted by molar-refractivity contribution is 6.06. The molecule has 7 heteroatoms. The predicted octanol–water partition coefficient (Wildman–Crippen LogP) is 2.78. The third-order valence-corrected chi connectivity index (χ3v) is 4.81. The molecule has 1 aromatic heterocycles. The highest BCUT2D eigenvalue weighted by Crippen LogP contribution is 2.26. The van der Waals surface area contributed by atoms with Gasteiger partial charge >= 0.3 is 0 Å². The zero-order valence-electron chi connectivity index (χ0n) is 16.1. The highest BCUT2D eigenvalue weighted by atomic mass is 16.5. The zero-order chi connectivity index (χ0) is 19.5. The van der Waals surface area contributed by atoms with Crippen LogP contribution in [0.5, 0.6) is 0 Å². The Kier molecular flexibility index (Phi) is 5.08. The summed E-state index contributed by atoms with van der Waals surface area (Å²) in [6.07, 6.45) is 1.57. The zero-order valence-corrected chi connectivity index (χ0v) is 16.1. The van der Waals surface area contributed by atoms with Gasteiger partial charge in [0.15, 0.2) is 0 Å². The molecule has 0 radical (unpaired) electrons. The molecule has 0 aliphatic carbocycles. The van der Waals surface area contributed by atoms with E-state index in [0.717, 1.165) is 35.5 Å². The van der Waals surface area contributed by atoms with Crippen molar-refractivity contribution in [3.05, 3.63) is 54.4 Å². The average molecular weight is 377 g/mol. The minimum atomic E-state index is -0.148. The number of aromatic nitrogens is 2. The van der Waals surface area contributed by atoms with E-state index in [-0.39, 0.29) is 5.91 Å². The molecule has 4 rings (SSSR count). The van der Waals surface area contributed by atoms with Gasteiger partial charge in [0, 0.05) is 49.5 Å². The number of rotatable bonds is 4. The number of fused-ring (bicyclic) bond motifs is 1. The van der Waals surface area contributed by atoms with Gasteiger partial charge in [-0.2, -0.15) is 0 Å². The van der Waals surface area contributed by atoms with Gasteiger partial charge in [-0.1, -0.05) is 6.07 Å². The van der Waals surface area contributed by atoms with E-state index in [4.69, 9.17) is 4.74 Å². The van der Waals surface area contributed by atoms with Crippen molar-refractivity contribution in [2.75, 3.05) is 55.5 Å². The Labute approximate surface area is 164 Å². The standard InChI is InChI=1S/C21H23N5O2/c1-25(2)17-5-3-4-15(12-17)21(27)24-16-6-7-18-19(13-16)22-14-23-20(18)26-8-10-28-11-9-26/h3-7,12-14H,8-11H2,1-2H3,(H,24,27). The van der Waals surface area contributed by atoms with Crippen LogP contribution < -0.4 is 15.1 Å². The molecule has 7 nitrogen and oxygen atoms in total. The summed E-state index contributed by atoms with van der Waals surface area (Å²) in [6.45, 7) is 3.02. The Hall–Kier alpha value is -3.19. The maximum Gasteiger partial charge on any atom is 0.255 e. The van der Waals surface area contributed by atoms with Crippen LogP contribution in [0.3, 0.4) is 0 Å². The van der Waals surface area contributed by atoms with Crippen molar-refractivity contribution < 1.29 is 9.53 Å². The number of anilines is 3. The van der Waals surface area contributed by atoms with Crippen LogP contribution in [0.15, 0.2) is 48.8 Å². The number of morpholine rings is 1. The van der Waals surface area contributed by atoms with Crippen LogP contribution in [0, 0.1) is 0 Å². The van der Waals surface area contributed by atoms with Gasteiger partial charge in [0.25, 0.3) is 5.91 Å². The number of nitrogens with zero attached hydrogens (tertiary/aromatic N) is 4. The molecule has 0 saturated carbocycles. The van der Waals surface area contributed by atoms with Gasteiger partial charge < -0.3 is 19.9 Å². The van der Waals surface area contributed by atoms with Gasteiger partial charge in [0.1, 0.15) is 12.1 Å². The second kappa shape index (κ2) is 7.82. The molecule has 1 aliphatic rings. The molecule has 1 amide bonds. The fourth-order valence-electron chi connectivity index (χ4n) is 3.28. The van der Waals surface area contributed by atoms with Gasteiger partial charge in [-0.25, -0.2) is 9.97 Å². The average Bonchev–Trinajstić information content (AvgIpc) is 2.74. The van der Waals surface area contributed by atoms with E-state index in [1.165, 1.54) is 0 Å². The third kappa shape index (κ3) is 3.75. The minimum absolute atomic E-state index is 0.148. The van der Waals surface area contributed by atoms with Gasteiger partial charge in [-0.15, -0.1) is 0 Å². The number of nitrogens with one attached hydrogen (secondary N) is 1. The molecule has 1 aliphatic heterocycles. The molecule has 1 fully saturated rings. The van der Waals surface area contributed by atoms with Crippen molar-refractivity contribution in [3.8, 4) is 0 Å².